The average molecular weight is 402 g/mol. The third-order valence-electron chi connectivity index (χ3n) is 4.34. The molecule has 0 bridgehead atoms. The number of methoxy groups -OCH3 is 1. The molecule has 0 amide bonds. The van der Waals surface area contributed by atoms with E-state index in [4.69, 9.17) is 4.74 Å². The van der Waals surface area contributed by atoms with Crippen molar-refractivity contribution in [3.8, 4) is 0 Å². The van der Waals surface area contributed by atoms with Crippen molar-refractivity contribution < 1.29 is 14.5 Å². The number of carbonyl (C=O) groups excluding carboxylic acids is 1. The first-order chi connectivity index (χ1) is 13.4. The molecule has 1 aliphatic heterocycles. The number of nitrogens with one attached hydrogen (secondary N) is 2. The monoisotopic (exact) mass is 402 g/mol. The number of nitrogens with zero attached hydrogens (tertiary/aromatic N) is 2. The van der Waals surface area contributed by atoms with Crippen LogP contribution in [0, 0.1) is 10.1 Å². The lowest BCUT2D eigenvalue weighted by Crippen LogP contribution is -2.31. The molecule has 9 nitrogen and oxygen atoms in total. The second-order valence-corrected chi connectivity index (χ2v) is 7.26. The zero-order valence-electron chi connectivity index (χ0n) is 15.4. The minimum atomic E-state index is -0.763. The number of esters is 1. The Balaban J connectivity index is 2.22. The standard InChI is InChI=1S/C18H18N4O5S/c1-4-28-18-20-15-14(16(23)21-18)13(12(9(2)19-15)17(24)27-3)10-5-7-11(8-6-10)22(25)26/h5-8,13H,4H2,1-3H3,(H2,19,20,21,23)/t13-/m1/s1. The number of H-pyrrole nitrogens is 1. The Morgan fingerprint density at radius 3 is 2.61 bits per heavy atom. The minimum absolute atomic E-state index is 0.0834. The van der Waals surface area contributed by atoms with Gasteiger partial charge in [0.05, 0.1) is 29.1 Å². The SMILES string of the molecule is CCSc1nc2c(c(=O)[nH]1)[C@H](c1ccc([N+](=O)[O-])cc1)C(C(=O)OC)=C(C)N2. The van der Waals surface area contributed by atoms with E-state index in [1.807, 2.05) is 6.92 Å². The van der Waals surface area contributed by atoms with Crippen LogP contribution in [0.1, 0.15) is 30.9 Å². The van der Waals surface area contributed by atoms with Crippen LogP contribution in [0.15, 0.2) is 45.5 Å². The second kappa shape index (κ2) is 7.85. The molecule has 0 saturated heterocycles. The maximum absolute atomic E-state index is 12.8. The fourth-order valence-electron chi connectivity index (χ4n) is 3.14. The maximum atomic E-state index is 12.8. The van der Waals surface area contributed by atoms with Crippen LogP contribution in [-0.2, 0) is 9.53 Å². The topological polar surface area (TPSA) is 127 Å². The van der Waals surface area contributed by atoms with Crippen LogP contribution < -0.4 is 10.9 Å². The number of anilines is 1. The molecule has 0 saturated carbocycles. The molecular formula is C18H18N4O5S. The van der Waals surface area contributed by atoms with E-state index in [-0.39, 0.29) is 22.4 Å². The van der Waals surface area contributed by atoms with Gasteiger partial charge in [-0.2, -0.15) is 0 Å². The Bertz CT molecular complexity index is 1030. The molecule has 146 valence electrons. The fraction of sp³-hybridized carbons (Fsp3) is 0.278. The number of rotatable bonds is 5. The van der Waals surface area contributed by atoms with Crippen molar-refractivity contribution in [2.45, 2.75) is 24.9 Å². The van der Waals surface area contributed by atoms with Crippen LogP contribution in [0.2, 0.25) is 0 Å². The lowest BCUT2D eigenvalue weighted by molar-refractivity contribution is -0.384. The number of thioether (sulfide) groups is 1. The Kier molecular flexibility index (Phi) is 5.50. The van der Waals surface area contributed by atoms with Crippen molar-refractivity contribution >= 4 is 29.2 Å². The summed E-state index contributed by atoms with van der Waals surface area (Å²) < 4.78 is 4.91. The van der Waals surface area contributed by atoms with Gasteiger partial charge in [0.25, 0.3) is 11.2 Å². The number of carbonyl (C=O) groups is 1. The lowest BCUT2D eigenvalue weighted by Gasteiger charge is -2.28. The van der Waals surface area contributed by atoms with Crippen LogP contribution in [0.5, 0.6) is 0 Å². The highest BCUT2D eigenvalue weighted by Crippen LogP contribution is 2.40. The fourth-order valence-corrected chi connectivity index (χ4v) is 3.73. The highest BCUT2D eigenvalue weighted by molar-refractivity contribution is 7.99. The summed E-state index contributed by atoms with van der Waals surface area (Å²) in [6.45, 7) is 3.64. The van der Waals surface area contributed by atoms with E-state index in [1.165, 1.54) is 43.1 Å². The number of hydrogen-bond acceptors (Lipinski definition) is 8. The Morgan fingerprint density at radius 1 is 1.36 bits per heavy atom. The largest absolute Gasteiger partial charge is 0.466 e. The summed E-state index contributed by atoms with van der Waals surface area (Å²) in [5.41, 5.74) is 1.11. The van der Waals surface area contributed by atoms with E-state index in [0.717, 1.165) is 5.75 Å². The molecule has 1 aromatic carbocycles. The predicted octanol–water partition coefficient (Wildman–Crippen LogP) is 2.79. The molecule has 1 aliphatic rings. The highest BCUT2D eigenvalue weighted by atomic mass is 32.2. The molecule has 0 spiro atoms. The third-order valence-corrected chi connectivity index (χ3v) is 5.10. The molecule has 1 atom stereocenters. The molecule has 1 aromatic heterocycles. The predicted molar refractivity (Wildman–Crippen MR) is 105 cm³/mol. The lowest BCUT2D eigenvalue weighted by atomic mass is 9.82. The maximum Gasteiger partial charge on any atom is 0.336 e. The number of benzene rings is 1. The van der Waals surface area contributed by atoms with Crippen molar-refractivity contribution in [1.82, 2.24) is 9.97 Å². The average Bonchev–Trinajstić information content (AvgIpc) is 2.66. The van der Waals surface area contributed by atoms with Crippen molar-refractivity contribution in [2.75, 3.05) is 18.2 Å². The van der Waals surface area contributed by atoms with Crippen LogP contribution >= 0.6 is 11.8 Å². The van der Waals surface area contributed by atoms with E-state index in [9.17, 15) is 19.7 Å². The Hall–Kier alpha value is -3.14. The summed E-state index contributed by atoms with van der Waals surface area (Å²) in [6, 6.07) is 5.74. The number of non-ortho nitro benzene ring substituents is 1. The van der Waals surface area contributed by atoms with E-state index in [1.54, 1.807) is 6.92 Å². The zero-order chi connectivity index (χ0) is 20.4. The third kappa shape index (κ3) is 3.50. The van der Waals surface area contributed by atoms with Crippen molar-refractivity contribution in [2.24, 2.45) is 0 Å². The number of nitro benzene ring substituents is 1. The number of ether oxygens (including phenoxy) is 1. The van der Waals surface area contributed by atoms with Gasteiger partial charge in [-0.25, -0.2) is 9.78 Å². The highest BCUT2D eigenvalue weighted by Gasteiger charge is 2.36. The number of nitro groups is 1. The van der Waals surface area contributed by atoms with Gasteiger partial charge in [0.2, 0.25) is 0 Å². The van der Waals surface area contributed by atoms with Gasteiger partial charge in [-0.05, 0) is 18.2 Å². The molecule has 0 radical (unpaired) electrons. The molecule has 2 aromatic rings. The Labute approximate surface area is 164 Å². The summed E-state index contributed by atoms with van der Waals surface area (Å²) >= 11 is 1.39. The molecular weight excluding hydrogens is 384 g/mol. The van der Waals surface area contributed by atoms with E-state index in [2.05, 4.69) is 15.3 Å². The molecule has 0 unspecified atom stereocenters. The summed E-state index contributed by atoms with van der Waals surface area (Å²) in [6.07, 6.45) is 0. The van der Waals surface area contributed by atoms with Gasteiger partial charge in [-0.1, -0.05) is 30.8 Å². The van der Waals surface area contributed by atoms with Crippen LogP contribution in [0.3, 0.4) is 0 Å². The molecule has 2 N–H and O–H groups in total. The van der Waals surface area contributed by atoms with Crippen LogP contribution in [-0.4, -0.2) is 33.7 Å². The number of fused-ring (bicyclic) bond motifs is 1. The Morgan fingerprint density at radius 2 is 2.04 bits per heavy atom. The normalized spacial score (nSPS) is 15.6. The van der Waals surface area contributed by atoms with Crippen molar-refractivity contribution in [1.29, 1.82) is 0 Å². The number of aromatic amines is 1. The van der Waals surface area contributed by atoms with Gasteiger partial charge in [0, 0.05) is 17.8 Å². The minimum Gasteiger partial charge on any atom is -0.466 e. The van der Waals surface area contributed by atoms with Gasteiger partial charge >= 0.3 is 5.97 Å². The number of allylic oxidation sites excluding steroid dienone is 1. The van der Waals surface area contributed by atoms with Gasteiger partial charge < -0.3 is 15.0 Å². The van der Waals surface area contributed by atoms with E-state index < -0.39 is 16.8 Å². The number of aromatic nitrogens is 2. The molecule has 0 aliphatic carbocycles. The smallest absolute Gasteiger partial charge is 0.336 e. The van der Waals surface area contributed by atoms with E-state index >= 15 is 0 Å². The van der Waals surface area contributed by atoms with E-state index in [0.29, 0.717) is 22.2 Å². The van der Waals surface area contributed by atoms with Crippen molar-refractivity contribution in [3.63, 3.8) is 0 Å². The first-order valence-electron chi connectivity index (χ1n) is 8.44. The molecule has 2 heterocycles. The number of hydrogen-bond donors (Lipinski definition) is 2. The first kappa shape index (κ1) is 19.6. The summed E-state index contributed by atoms with van der Waals surface area (Å²) in [4.78, 5) is 42.9. The summed E-state index contributed by atoms with van der Waals surface area (Å²) in [5.74, 6) is -0.268. The quantitative estimate of drug-likeness (QED) is 0.257. The molecule has 10 heteroatoms. The summed E-state index contributed by atoms with van der Waals surface area (Å²) in [5, 5.41) is 14.4. The van der Waals surface area contributed by atoms with Gasteiger partial charge in [-0.3, -0.25) is 14.9 Å². The second-order valence-electron chi connectivity index (χ2n) is 6.00. The van der Waals surface area contributed by atoms with Gasteiger partial charge in [0.15, 0.2) is 5.16 Å². The van der Waals surface area contributed by atoms with Gasteiger partial charge in [0.1, 0.15) is 5.82 Å². The molecule has 0 fully saturated rings. The van der Waals surface area contributed by atoms with Crippen LogP contribution in [0.25, 0.3) is 0 Å². The van der Waals surface area contributed by atoms with Crippen molar-refractivity contribution in [3.05, 3.63) is 67.1 Å². The molecule has 28 heavy (non-hydrogen) atoms. The zero-order valence-corrected chi connectivity index (χ0v) is 16.3. The van der Waals surface area contributed by atoms with Crippen LogP contribution in [0.4, 0.5) is 11.5 Å². The summed E-state index contributed by atoms with van der Waals surface area (Å²) in [7, 11) is 1.26. The molecule has 3 rings (SSSR count). The van der Waals surface area contributed by atoms with Gasteiger partial charge in [-0.15, -0.1) is 0 Å². The first-order valence-corrected chi connectivity index (χ1v) is 9.43.